The number of aryl methyl sites for hydroxylation is 1. The zero-order chi connectivity index (χ0) is 26.6. The lowest BCUT2D eigenvalue weighted by Gasteiger charge is -2.38. The van der Waals surface area contributed by atoms with E-state index in [-0.39, 0.29) is 35.6 Å². The monoisotopic (exact) mass is 541 g/mol. The number of nitrogens with zero attached hydrogens (tertiary/aromatic N) is 3. The Hall–Kier alpha value is -3.08. The third-order valence-corrected chi connectivity index (χ3v) is 9.63. The number of carbonyl (C=O) groups is 1. The lowest BCUT2D eigenvalue weighted by atomic mass is 9.90. The molecule has 0 spiro atoms. The van der Waals surface area contributed by atoms with Gasteiger partial charge < -0.3 is 4.90 Å². The van der Waals surface area contributed by atoms with Gasteiger partial charge in [0.2, 0.25) is 15.9 Å². The number of sulfonamides is 1. The molecule has 1 atom stereocenters. The van der Waals surface area contributed by atoms with Crippen molar-refractivity contribution in [3.05, 3.63) is 91.7 Å². The summed E-state index contributed by atoms with van der Waals surface area (Å²) in [5.74, 6) is -0.257. The predicted octanol–water partition coefficient (Wildman–Crippen LogP) is 5.32. The van der Waals surface area contributed by atoms with E-state index in [4.69, 9.17) is 0 Å². The van der Waals surface area contributed by atoms with E-state index in [0.717, 1.165) is 36.0 Å². The fourth-order valence-electron chi connectivity index (χ4n) is 4.77. The van der Waals surface area contributed by atoms with E-state index in [9.17, 15) is 23.3 Å². The van der Waals surface area contributed by atoms with Crippen molar-refractivity contribution in [2.45, 2.75) is 50.5 Å². The first-order valence-electron chi connectivity index (χ1n) is 12.4. The number of benzene rings is 2. The molecule has 10 heteroatoms. The summed E-state index contributed by atoms with van der Waals surface area (Å²) in [6.07, 6.45) is 3.08. The van der Waals surface area contributed by atoms with Gasteiger partial charge in [0.05, 0.1) is 22.4 Å². The number of non-ortho nitro benzene ring substituents is 1. The van der Waals surface area contributed by atoms with Crippen molar-refractivity contribution in [2.75, 3.05) is 19.6 Å². The number of nitro groups is 1. The molecule has 2 heterocycles. The van der Waals surface area contributed by atoms with Crippen LogP contribution in [0.1, 0.15) is 53.8 Å². The van der Waals surface area contributed by atoms with Crippen LogP contribution in [0.4, 0.5) is 5.69 Å². The van der Waals surface area contributed by atoms with Crippen LogP contribution in [-0.4, -0.2) is 48.1 Å². The Kier molecular flexibility index (Phi) is 8.41. The minimum absolute atomic E-state index is 0.0587. The molecule has 37 heavy (non-hydrogen) atoms. The summed E-state index contributed by atoms with van der Waals surface area (Å²) < 4.78 is 28.4. The van der Waals surface area contributed by atoms with Crippen molar-refractivity contribution in [1.82, 2.24) is 9.21 Å². The van der Waals surface area contributed by atoms with Gasteiger partial charge in [0.25, 0.3) is 5.69 Å². The van der Waals surface area contributed by atoms with E-state index in [1.807, 2.05) is 43.5 Å². The molecule has 0 saturated heterocycles. The van der Waals surface area contributed by atoms with Gasteiger partial charge in [-0.15, -0.1) is 11.3 Å². The first kappa shape index (κ1) is 27.0. The van der Waals surface area contributed by atoms with Gasteiger partial charge in [0.15, 0.2) is 0 Å². The van der Waals surface area contributed by atoms with Crippen LogP contribution in [0.25, 0.3) is 0 Å². The smallest absolute Gasteiger partial charge is 0.269 e. The number of unbranched alkanes of at least 4 members (excludes halogenated alkanes) is 2. The average Bonchev–Trinajstić information content (AvgIpc) is 3.37. The zero-order valence-corrected chi connectivity index (χ0v) is 22.6. The average molecular weight is 542 g/mol. The summed E-state index contributed by atoms with van der Waals surface area (Å²) in [6.45, 7) is 4.47. The lowest BCUT2D eigenvalue weighted by molar-refractivity contribution is -0.384. The molecule has 1 amide bonds. The predicted molar refractivity (Wildman–Crippen MR) is 144 cm³/mol. The van der Waals surface area contributed by atoms with Gasteiger partial charge in [0, 0.05) is 30.1 Å². The van der Waals surface area contributed by atoms with Crippen molar-refractivity contribution >= 4 is 33.0 Å². The number of amides is 1. The second kappa shape index (κ2) is 11.5. The van der Waals surface area contributed by atoms with Crippen LogP contribution in [0.5, 0.6) is 0 Å². The molecule has 4 rings (SSSR count). The molecule has 0 bridgehead atoms. The van der Waals surface area contributed by atoms with Gasteiger partial charge in [-0.2, -0.15) is 4.31 Å². The first-order valence-corrected chi connectivity index (χ1v) is 14.7. The summed E-state index contributed by atoms with van der Waals surface area (Å²) in [5.41, 5.74) is 3.01. The molecule has 0 fully saturated rings. The Balaban J connectivity index is 1.65. The van der Waals surface area contributed by atoms with Gasteiger partial charge in [0.1, 0.15) is 0 Å². The maximum absolute atomic E-state index is 13.8. The fourth-order valence-corrected chi connectivity index (χ4v) is 7.10. The van der Waals surface area contributed by atoms with E-state index >= 15 is 0 Å². The summed E-state index contributed by atoms with van der Waals surface area (Å²) in [6, 6.07) is 14.6. The van der Waals surface area contributed by atoms with Crippen molar-refractivity contribution in [2.24, 2.45) is 0 Å². The highest BCUT2D eigenvalue weighted by molar-refractivity contribution is 7.89. The summed E-state index contributed by atoms with van der Waals surface area (Å²) in [4.78, 5) is 27.3. The minimum Gasteiger partial charge on any atom is -0.330 e. The van der Waals surface area contributed by atoms with Gasteiger partial charge in [-0.05, 0) is 60.0 Å². The highest BCUT2D eigenvalue weighted by Gasteiger charge is 2.36. The number of carbonyl (C=O) groups excluding carboxylic acids is 1. The molecule has 1 aromatic heterocycles. The molecular formula is C27H31N3O5S2. The van der Waals surface area contributed by atoms with Crippen LogP contribution in [0, 0.1) is 17.0 Å². The topological polar surface area (TPSA) is 101 Å². The normalized spacial score (nSPS) is 15.5. The molecule has 0 saturated carbocycles. The standard InChI is InChI=1S/C27H31N3O5S2/c1-3-4-7-16-28(37(34,35)22-12-10-21(11-13-22)30(32)33)19-26(31)29-17-14-25-24(15-18-36-25)27(29)23-9-6-5-8-20(23)2/h5-6,8-13,15,18,27H,3-4,7,14,16-17,19H2,1-2H3. The lowest BCUT2D eigenvalue weighted by Crippen LogP contribution is -2.47. The summed E-state index contributed by atoms with van der Waals surface area (Å²) in [7, 11) is -4.03. The quantitative estimate of drug-likeness (QED) is 0.196. The van der Waals surface area contributed by atoms with Crippen molar-refractivity contribution in [1.29, 1.82) is 0 Å². The maximum Gasteiger partial charge on any atom is 0.269 e. The van der Waals surface area contributed by atoms with Crippen molar-refractivity contribution in [3.63, 3.8) is 0 Å². The third kappa shape index (κ3) is 5.76. The molecule has 1 unspecified atom stereocenters. The molecule has 0 aliphatic carbocycles. The molecule has 8 nitrogen and oxygen atoms in total. The second-order valence-electron chi connectivity index (χ2n) is 9.19. The largest absolute Gasteiger partial charge is 0.330 e. The number of rotatable bonds is 10. The first-order chi connectivity index (χ1) is 17.7. The SMILES string of the molecule is CCCCCN(CC(=O)N1CCc2sccc2C1c1ccccc1C)S(=O)(=O)c1ccc([N+](=O)[O-])cc1. The molecule has 196 valence electrons. The van der Waals surface area contributed by atoms with E-state index in [1.165, 1.54) is 33.4 Å². The Morgan fingerprint density at radius 2 is 1.84 bits per heavy atom. The van der Waals surface area contributed by atoms with Crippen molar-refractivity contribution in [3.8, 4) is 0 Å². The van der Waals surface area contributed by atoms with Gasteiger partial charge in [-0.25, -0.2) is 8.42 Å². The Morgan fingerprint density at radius 3 is 2.51 bits per heavy atom. The minimum atomic E-state index is -4.03. The van der Waals surface area contributed by atoms with E-state index in [1.54, 1.807) is 16.2 Å². The van der Waals surface area contributed by atoms with Gasteiger partial charge in [-0.1, -0.05) is 44.0 Å². The number of fused-ring (bicyclic) bond motifs is 1. The fraction of sp³-hybridized carbons (Fsp3) is 0.370. The summed E-state index contributed by atoms with van der Waals surface area (Å²) in [5, 5.41) is 13.1. The van der Waals surface area contributed by atoms with Crippen LogP contribution in [0.2, 0.25) is 0 Å². The third-order valence-electron chi connectivity index (χ3n) is 6.78. The van der Waals surface area contributed by atoms with Gasteiger partial charge in [-0.3, -0.25) is 14.9 Å². The number of nitro benzene ring substituents is 1. The Bertz CT molecular complexity index is 1370. The second-order valence-corrected chi connectivity index (χ2v) is 12.1. The zero-order valence-electron chi connectivity index (χ0n) is 21.0. The van der Waals surface area contributed by atoms with E-state index in [0.29, 0.717) is 13.0 Å². The number of thiophene rings is 1. The van der Waals surface area contributed by atoms with Gasteiger partial charge >= 0.3 is 0 Å². The van der Waals surface area contributed by atoms with Crippen molar-refractivity contribution < 1.29 is 18.1 Å². The Morgan fingerprint density at radius 1 is 1.11 bits per heavy atom. The van der Waals surface area contributed by atoms with E-state index in [2.05, 4.69) is 6.07 Å². The van der Waals surface area contributed by atoms with Crippen LogP contribution in [-0.2, 0) is 21.2 Å². The molecule has 3 aromatic rings. The number of hydrogen-bond donors (Lipinski definition) is 0. The summed E-state index contributed by atoms with van der Waals surface area (Å²) >= 11 is 1.68. The molecule has 2 aromatic carbocycles. The molecule has 1 aliphatic rings. The highest BCUT2D eigenvalue weighted by Crippen LogP contribution is 2.39. The molecular weight excluding hydrogens is 510 g/mol. The van der Waals surface area contributed by atoms with Crippen LogP contribution in [0.15, 0.2) is 64.9 Å². The molecule has 0 N–H and O–H groups in total. The highest BCUT2D eigenvalue weighted by atomic mass is 32.2. The van der Waals surface area contributed by atoms with Crippen LogP contribution in [0.3, 0.4) is 0 Å². The maximum atomic E-state index is 13.8. The van der Waals surface area contributed by atoms with Crippen LogP contribution >= 0.6 is 11.3 Å². The van der Waals surface area contributed by atoms with E-state index < -0.39 is 14.9 Å². The number of hydrogen-bond acceptors (Lipinski definition) is 6. The molecule has 1 aliphatic heterocycles. The Labute approximate surface area is 221 Å². The molecule has 0 radical (unpaired) electrons. The van der Waals surface area contributed by atoms with Crippen LogP contribution < -0.4 is 0 Å².